The highest BCUT2D eigenvalue weighted by Crippen LogP contribution is 2.42. The summed E-state index contributed by atoms with van der Waals surface area (Å²) in [5.74, 6) is -0.119. The molecule has 1 aromatic carbocycles. The van der Waals surface area contributed by atoms with Crippen LogP contribution in [0.5, 0.6) is 0 Å². The number of nitrogens with one attached hydrogen (secondary N) is 1. The van der Waals surface area contributed by atoms with Crippen molar-refractivity contribution in [3.8, 4) is 0 Å². The number of nitrogens with zero attached hydrogens (tertiary/aromatic N) is 1. The molecule has 0 saturated heterocycles. The molecule has 0 heterocycles. The summed E-state index contributed by atoms with van der Waals surface area (Å²) in [4.78, 5) is 2.37. The van der Waals surface area contributed by atoms with Crippen LogP contribution in [-0.4, -0.2) is 31.6 Å². The third kappa shape index (κ3) is 2.75. The molecule has 1 unspecified atom stereocenters. The zero-order chi connectivity index (χ0) is 14.8. The maximum Gasteiger partial charge on any atom is 0.126 e. The van der Waals surface area contributed by atoms with Crippen LogP contribution >= 0.6 is 0 Å². The van der Waals surface area contributed by atoms with Gasteiger partial charge in [-0.15, -0.1) is 0 Å². The summed E-state index contributed by atoms with van der Waals surface area (Å²) in [6.45, 7) is 1.84. The minimum Gasteiger partial charge on any atom is -0.311 e. The molecule has 0 bridgehead atoms. The molecule has 112 valence electrons. The number of hydrogen-bond acceptors (Lipinski definition) is 2. The lowest BCUT2D eigenvalue weighted by Gasteiger charge is -2.48. The lowest BCUT2D eigenvalue weighted by molar-refractivity contribution is 0.0594. The second-order valence-electron chi connectivity index (χ2n) is 6.29. The van der Waals surface area contributed by atoms with Crippen LogP contribution in [0.2, 0.25) is 0 Å². The van der Waals surface area contributed by atoms with Gasteiger partial charge in [-0.1, -0.05) is 31.4 Å². The van der Waals surface area contributed by atoms with Crippen LogP contribution in [0, 0.1) is 12.7 Å². The Labute approximate surface area is 122 Å². The SMILES string of the molecule is CNC(c1ccc(F)c(C)c1)C1(N(C)C)CCCCC1. The van der Waals surface area contributed by atoms with E-state index in [1.165, 1.54) is 37.7 Å². The van der Waals surface area contributed by atoms with E-state index in [4.69, 9.17) is 0 Å². The van der Waals surface area contributed by atoms with Gasteiger partial charge in [0.1, 0.15) is 5.82 Å². The monoisotopic (exact) mass is 278 g/mol. The molecule has 1 aliphatic rings. The largest absolute Gasteiger partial charge is 0.311 e. The fourth-order valence-electron chi connectivity index (χ4n) is 3.75. The number of halogens is 1. The van der Waals surface area contributed by atoms with Gasteiger partial charge in [0.05, 0.1) is 6.04 Å². The van der Waals surface area contributed by atoms with E-state index in [9.17, 15) is 4.39 Å². The Morgan fingerprint density at radius 2 is 1.85 bits per heavy atom. The van der Waals surface area contributed by atoms with Crippen LogP contribution in [0.25, 0.3) is 0 Å². The Morgan fingerprint density at radius 1 is 1.20 bits per heavy atom. The molecule has 0 radical (unpaired) electrons. The number of aryl methyl sites for hydroxylation is 1. The van der Waals surface area contributed by atoms with Crippen LogP contribution < -0.4 is 5.32 Å². The van der Waals surface area contributed by atoms with Crippen molar-refractivity contribution >= 4 is 0 Å². The Morgan fingerprint density at radius 3 is 2.35 bits per heavy atom. The number of hydrogen-bond donors (Lipinski definition) is 1. The van der Waals surface area contributed by atoms with Crippen LogP contribution in [0.1, 0.15) is 49.3 Å². The lowest BCUT2D eigenvalue weighted by atomic mass is 9.73. The average molecular weight is 278 g/mol. The summed E-state index contributed by atoms with van der Waals surface area (Å²) >= 11 is 0. The first kappa shape index (κ1) is 15.5. The molecule has 2 rings (SSSR count). The van der Waals surface area contributed by atoms with Crippen molar-refractivity contribution < 1.29 is 4.39 Å². The van der Waals surface area contributed by atoms with Gasteiger partial charge in [-0.05, 0) is 58.1 Å². The Kier molecular flexibility index (Phi) is 4.82. The van der Waals surface area contributed by atoms with E-state index in [0.717, 1.165) is 5.56 Å². The third-order valence-electron chi connectivity index (χ3n) is 4.95. The molecule has 1 atom stereocenters. The van der Waals surface area contributed by atoms with Gasteiger partial charge in [-0.3, -0.25) is 0 Å². The third-order valence-corrected chi connectivity index (χ3v) is 4.95. The van der Waals surface area contributed by atoms with Crippen molar-refractivity contribution in [2.24, 2.45) is 0 Å². The Balaban J connectivity index is 2.39. The van der Waals surface area contributed by atoms with E-state index < -0.39 is 0 Å². The van der Waals surface area contributed by atoms with E-state index >= 15 is 0 Å². The first-order valence-corrected chi connectivity index (χ1v) is 7.62. The van der Waals surface area contributed by atoms with Gasteiger partial charge in [-0.2, -0.15) is 0 Å². The second-order valence-corrected chi connectivity index (χ2v) is 6.29. The van der Waals surface area contributed by atoms with Crippen molar-refractivity contribution in [1.29, 1.82) is 0 Å². The highest BCUT2D eigenvalue weighted by Gasteiger charge is 2.41. The van der Waals surface area contributed by atoms with Gasteiger partial charge in [0.15, 0.2) is 0 Å². The van der Waals surface area contributed by atoms with Crippen LogP contribution in [0.4, 0.5) is 4.39 Å². The van der Waals surface area contributed by atoms with Crippen LogP contribution in [0.15, 0.2) is 18.2 Å². The molecule has 0 amide bonds. The summed E-state index contributed by atoms with van der Waals surface area (Å²) in [6, 6.07) is 5.78. The minimum atomic E-state index is -0.119. The minimum absolute atomic E-state index is 0.119. The highest BCUT2D eigenvalue weighted by atomic mass is 19.1. The van der Waals surface area contributed by atoms with Crippen molar-refractivity contribution in [1.82, 2.24) is 10.2 Å². The second kappa shape index (κ2) is 6.23. The van der Waals surface area contributed by atoms with Gasteiger partial charge in [0.2, 0.25) is 0 Å². The van der Waals surface area contributed by atoms with Crippen molar-refractivity contribution in [2.75, 3.05) is 21.1 Å². The van der Waals surface area contributed by atoms with E-state index in [1.54, 1.807) is 6.07 Å². The number of benzene rings is 1. The smallest absolute Gasteiger partial charge is 0.126 e. The first-order chi connectivity index (χ1) is 9.51. The maximum atomic E-state index is 13.5. The molecule has 1 aliphatic carbocycles. The maximum absolute atomic E-state index is 13.5. The molecule has 1 fully saturated rings. The van der Waals surface area contributed by atoms with Crippen molar-refractivity contribution in [3.05, 3.63) is 35.1 Å². The molecule has 1 N–H and O–H groups in total. The molecule has 0 aliphatic heterocycles. The standard InChI is InChI=1S/C17H27FN2/c1-13-12-14(8-9-15(13)18)16(19-2)17(20(3)4)10-6-5-7-11-17/h8-9,12,16,19H,5-7,10-11H2,1-4H3. The summed E-state index contributed by atoms with van der Waals surface area (Å²) in [5, 5.41) is 3.49. The topological polar surface area (TPSA) is 15.3 Å². The zero-order valence-corrected chi connectivity index (χ0v) is 13.2. The highest BCUT2D eigenvalue weighted by molar-refractivity contribution is 5.29. The van der Waals surface area contributed by atoms with E-state index in [1.807, 2.05) is 26.1 Å². The first-order valence-electron chi connectivity index (χ1n) is 7.62. The molecular weight excluding hydrogens is 251 g/mol. The molecule has 2 nitrogen and oxygen atoms in total. The summed E-state index contributed by atoms with van der Waals surface area (Å²) in [6.07, 6.45) is 6.27. The van der Waals surface area contributed by atoms with Crippen LogP contribution in [-0.2, 0) is 0 Å². The summed E-state index contributed by atoms with van der Waals surface area (Å²) in [7, 11) is 6.36. The number of rotatable bonds is 4. The molecule has 0 spiro atoms. The van der Waals surface area contributed by atoms with Crippen LogP contribution in [0.3, 0.4) is 0 Å². The molecule has 3 heteroatoms. The fraction of sp³-hybridized carbons (Fsp3) is 0.647. The molecule has 1 saturated carbocycles. The predicted molar refractivity (Wildman–Crippen MR) is 82.4 cm³/mol. The van der Waals surface area contributed by atoms with E-state index in [0.29, 0.717) is 0 Å². The van der Waals surface area contributed by atoms with Crippen molar-refractivity contribution in [3.63, 3.8) is 0 Å². The molecule has 1 aromatic rings. The Bertz CT molecular complexity index is 450. The molecular formula is C17H27FN2. The normalized spacial score (nSPS) is 20.1. The van der Waals surface area contributed by atoms with Gasteiger partial charge >= 0.3 is 0 Å². The fourth-order valence-corrected chi connectivity index (χ4v) is 3.75. The number of likely N-dealkylation sites (N-methyl/N-ethyl adjacent to an activating group) is 2. The quantitative estimate of drug-likeness (QED) is 0.904. The van der Waals surface area contributed by atoms with Gasteiger partial charge in [0, 0.05) is 5.54 Å². The lowest BCUT2D eigenvalue weighted by Crippen LogP contribution is -2.54. The van der Waals surface area contributed by atoms with Gasteiger partial charge in [0.25, 0.3) is 0 Å². The zero-order valence-electron chi connectivity index (χ0n) is 13.2. The summed E-state index contributed by atoms with van der Waals surface area (Å²) < 4.78 is 13.5. The van der Waals surface area contributed by atoms with Gasteiger partial charge in [-0.25, -0.2) is 4.39 Å². The van der Waals surface area contributed by atoms with Gasteiger partial charge < -0.3 is 10.2 Å². The Hall–Kier alpha value is -0.930. The van der Waals surface area contributed by atoms with Crippen molar-refractivity contribution in [2.45, 2.75) is 50.6 Å². The molecule has 20 heavy (non-hydrogen) atoms. The van der Waals surface area contributed by atoms with E-state index in [-0.39, 0.29) is 17.4 Å². The predicted octanol–water partition coefficient (Wildman–Crippen LogP) is 3.66. The average Bonchev–Trinajstić information content (AvgIpc) is 2.44. The van der Waals surface area contributed by atoms with E-state index in [2.05, 4.69) is 24.3 Å². The summed E-state index contributed by atoms with van der Waals surface area (Å²) in [5.41, 5.74) is 2.06. The molecule has 0 aromatic heterocycles.